The average molecular weight is 334 g/mol. The van der Waals surface area contributed by atoms with E-state index in [0.717, 1.165) is 23.4 Å². The van der Waals surface area contributed by atoms with Crippen LogP contribution in [-0.2, 0) is 16.1 Å². The minimum Gasteiger partial charge on any atom is -0.379 e. The molecular formula is C17H20ClN3O2. The third-order valence-electron chi connectivity index (χ3n) is 4.18. The Bertz CT molecular complexity index is 680. The Hall–Kier alpha value is -1.85. The zero-order chi connectivity index (χ0) is 16.2. The van der Waals surface area contributed by atoms with Gasteiger partial charge in [-0.05, 0) is 31.0 Å². The molecular weight excluding hydrogens is 314 g/mol. The van der Waals surface area contributed by atoms with Crippen LogP contribution in [-0.4, -0.2) is 45.7 Å². The van der Waals surface area contributed by atoms with Crippen molar-refractivity contribution in [1.29, 1.82) is 0 Å². The van der Waals surface area contributed by atoms with Crippen LogP contribution in [0.15, 0.2) is 36.5 Å². The van der Waals surface area contributed by atoms with Gasteiger partial charge in [-0.2, -0.15) is 5.10 Å². The molecule has 3 rings (SSSR count). The Morgan fingerprint density at radius 3 is 2.96 bits per heavy atom. The predicted octanol–water partition coefficient (Wildman–Crippen LogP) is 2.54. The molecule has 6 heteroatoms. The van der Waals surface area contributed by atoms with E-state index in [1.807, 2.05) is 46.8 Å². The molecule has 1 aliphatic heterocycles. The fourth-order valence-corrected chi connectivity index (χ4v) is 3.06. The Kier molecular flexibility index (Phi) is 4.98. The maximum absolute atomic E-state index is 12.2. The molecule has 1 atom stereocenters. The first kappa shape index (κ1) is 16.0. The summed E-state index contributed by atoms with van der Waals surface area (Å²) in [5.74, 6) is -0.0886. The zero-order valence-corrected chi connectivity index (χ0v) is 13.9. The lowest BCUT2D eigenvalue weighted by atomic mass is 10.2. The zero-order valence-electron chi connectivity index (χ0n) is 13.1. The van der Waals surface area contributed by atoms with E-state index in [4.69, 9.17) is 16.3 Å². The average Bonchev–Trinajstić information content (AvgIpc) is 3.24. The number of para-hydroxylation sites is 1. The van der Waals surface area contributed by atoms with Gasteiger partial charge in [0, 0.05) is 12.8 Å². The van der Waals surface area contributed by atoms with Crippen molar-refractivity contribution in [1.82, 2.24) is 14.7 Å². The van der Waals surface area contributed by atoms with Gasteiger partial charge in [0.1, 0.15) is 5.88 Å². The summed E-state index contributed by atoms with van der Waals surface area (Å²) in [7, 11) is 0. The maximum atomic E-state index is 12.2. The first-order chi connectivity index (χ1) is 11.2. The van der Waals surface area contributed by atoms with Crippen molar-refractivity contribution in [3.8, 4) is 5.69 Å². The lowest BCUT2D eigenvalue weighted by Crippen LogP contribution is -2.41. The number of benzene rings is 1. The number of hydrogen-bond acceptors (Lipinski definition) is 3. The van der Waals surface area contributed by atoms with Crippen LogP contribution in [0.25, 0.3) is 5.69 Å². The van der Waals surface area contributed by atoms with Gasteiger partial charge in [-0.1, -0.05) is 18.2 Å². The SMILES string of the molecule is Cc1ccccc1-n1nccc1CN(C(=O)CCl)[C@@H]1CCOC1. The molecule has 0 radical (unpaired) electrons. The van der Waals surface area contributed by atoms with E-state index >= 15 is 0 Å². The first-order valence-corrected chi connectivity index (χ1v) is 8.26. The number of alkyl halides is 1. The van der Waals surface area contributed by atoms with Crippen molar-refractivity contribution in [2.24, 2.45) is 0 Å². The van der Waals surface area contributed by atoms with Crippen molar-refractivity contribution in [3.05, 3.63) is 47.8 Å². The summed E-state index contributed by atoms with van der Waals surface area (Å²) < 4.78 is 7.32. The Labute approximate surface area is 140 Å². The van der Waals surface area contributed by atoms with Crippen LogP contribution in [0.1, 0.15) is 17.7 Å². The molecule has 0 N–H and O–H groups in total. The number of amides is 1. The highest BCUT2D eigenvalue weighted by Gasteiger charge is 2.28. The molecule has 1 aromatic heterocycles. The number of halogens is 1. The Morgan fingerprint density at radius 1 is 1.43 bits per heavy atom. The number of rotatable bonds is 5. The van der Waals surface area contributed by atoms with Crippen molar-refractivity contribution in [2.75, 3.05) is 19.1 Å². The van der Waals surface area contributed by atoms with Gasteiger partial charge in [-0.3, -0.25) is 4.79 Å². The topological polar surface area (TPSA) is 47.4 Å². The molecule has 1 amide bonds. The van der Waals surface area contributed by atoms with Crippen molar-refractivity contribution in [3.63, 3.8) is 0 Å². The summed E-state index contributed by atoms with van der Waals surface area (Å²) in [5.41, 5.74) is 3.12. The van der Waals surface area contributed by atoms with Gasteiger partial charge in [0.25, 0.3) is 0 Å². The second-order valence-corrected chi connectivity index (χ2v) is 5.96. The summed E-state index contributed by atoms with van der Waals surface area (Å²) >= 11 is 5.79. The van der Waals surface area contributed by atoms with Crippen LogP contribution < -0.4 is 0 Å². The third kappa shape index (κ3) is 3.41. The molecule has 5 nitrogen and oxygen atoms in total. The molecule has 1 aliphatic rings. The van der Waals surface area contributed by atoms with E-state index in [1.54, 1.807) is 6.20 Å². The number of ether oxygens (including phenoxy) is 1. The Balaban J connectivity index is 1.88. The molecule has 1 fully saturated rings. The predicted molar refractivity (Wildman–Crippen MR) is 88.8 cm³/mol. The highest BCUT2D eigenvalue weighted by atomic mass is 35.5. The van der Waals surface area contributed by atoms with E-state index in [0.29, 0.717) is 19.8 Å². The highest BCUT2D eigenvalue weighted by Crippen LogP contribution is 2.20. The van der Waals surface area contributed by atoms with Gasteiger partial charge in [0.05, 0.1) is 30.6 Å². The maximum Gasteiger partial charge on any atom is 0.238 e. The fraction of sp³-hybridized carbons (Fsp3) is 0.412. The lowest BCUT2D eigenvalue weighted by molar-refractivity contribution is -0.131. The first-order valence-electron chi connectivity index (χ1n) is 7.73. The molecule has 0 saturated carbocycles. The molecule has 1 saturated heterocycles. The quantitative estimate of drug-likeness (QED) is 0.790. The number of aromatic nitrogens is 2. The van der Waals surface area contributed by atoms with Gasteiger partial charge in [0.15, 0.2) is 0 Å². The van der Waals surface area contributed by atoms with E-state index in [2.05, 4.69) is 5.10 Å². The van der Waals surface area contributed by atoms with Crippen LogP contribution >= 0.6 is 11.6 Å². The van der Waals surface area contributed by atoms with Crippen molar-refractivity contribution < 1.29 is 9.53 Å². The second-order valence-electron chi connectivity index (χ2n) is 5.69. The largest absolute Gasteiger partial charge is 0.379 e. The van der Waals surface area contributed by atoms with Crippen molar-refractivity contribution in [2.45, 2.75) is 25.9 Å². The molecule has 2 heterocycles. The minimum atomic E-state index is -0.0697. The fourth-order valence-electron chi connectivity index (χ4n) is 2.91. The molecule has 0 spiro atoms. The van der Waals surface area contributed by atoms with Gasteiger partial charge in [0.2, 0.25) is 5.91 Å². The molecule has 0 aliphatic carbocycles. The molecule has 122 valence electrons. The molecule has 0 bridgehead atoms. The minimum absolute atomic E-state index is 0.0188. The smallest absolute Gasteiger partial charge is 0.238 e. The van der Waals surface area contributed by atoms with Gasteiger partial charge < -0.3 is 9.64 Å². The molecule has 1 aromatic carbocycles. The molecule has 0 unspecified atom stereocenters. The number of hydrogen-bond donors (Lipinski definition) is 0. The highest BCUT2D eigenvalue weighted by molar-refractivity contribution is 6.27. The van der Waals surface area contributed by atoms with Crippen LogP contribution in [0.5, 0.6) is 0 Å². The summed E-state index contributed by atoms with van der Waals surface area (Å²) in [5, 5.41) is 4.43. The van der Waals surface area contributed by atoms with Crippen LogP contribution in [0.3, 0.4) is 0 Å². The van der Waals surface area contributed by atoms with E-state index in [-0.39, 0.29) is 17.8 Å². The van der Waals surface area contributed by atoms with Crippen LogP contribution in [0, 0.1) is 6.92 Å². The number of nitrogens with zero attached hydrogens (tertiary/aromatic N) is 3. The van der Waals surface area contributed by atoms with Crippen molar-refractivity contribution >= 4 is 17.5 Å². The van der Waals surface area contributed by atoms with Crippen LogP contribution in [0.4, 0.5) is 0 Å². The lowest BCUT2D eigenvalue weighted by Gasteiger charge is -2.27. The van der Waals surface area contributed by atoms with E-state index in [1.165, 1.54) is 0 Å². The number of carbonyl (C=O) groups excluding carboxylic acids is 1. The summed E-state index contributed by atoms with van der Waals surface area (Å²) in [6.07, 6.45) is 2.61. The van der Waals surface area contributed by atoms with E-state index < -0.39 is 0 Å². The third-order valence-corrected chi connectivity index (χ3v) is 4.41. The summed E-state index contributed by atoms with van der Waals surface area (Å²) in [6.45, 7) is 3.79. The van der Waals surface area contributed by atoms with Gasteiger partial charge in [-0.25, -0.2) is 4.68 Å². The summed E-state index contributed by atoms with van der Waals surface area (Å²) in [4.78, 5) is 14.1. The van der Waals surface area contributed by atoms with Gasteiger partial charge >= 0.3 is 0 Å². The molecule has 23 heavy (non-hydrogen) atoms. The Morgan fingerprint density at radius 2 is 2.26 bits per heavy atom. The summed E-state index contributed by atoms with van der Waals surface area (Å²) in [6, 6.07) is 10.1. The number of aryl methyl sites for hydroxylation is 1. The van der Waals surface area contributed by atoms with Gasteiger partial charge in [-0.15, -0.1) is 11.6 Å². The molecule has 2 aromatic rings. The van der Waals surface area contributed by atoms with E-state index in [9.17, 15) is 4.79 Å². The monoisotopic (exact) mass is 333 g/mol. The standard InChI is InChI=1S/C17H20ClN3O2/c1-13-4-2-3-5-16(13)21-14(6-8-19-21)11-20(17(22)10-18)15-7-9-23-12-15/h2-6,8,15H,7,9-12H2,1H3/t15-/m1/s1. The van der Waals surface area contributed by atoms with Crippen LogP contribution in [0.2, 0.25) is 0 Å². The number of carbonyl (C=O) groups is 1. The normalized spacial score (nSPS) is 17.4. The second kappa shape index (κ2) is 7.15.